The lowest BCUT2D eigenvalue weighted by Crippen LogP contribution is -2.28. The lowest BCUT2D eigenvalue weighted by atomic mass is 10.1. The summed E-state index contributed by atoms with van der Waals surface area (Å²) in [4.78, 5) is 27.3. The Hall–Kier alpha value is -3.61. The number of rotatable bonds is 5. The van der Waals surface area contributed by atoms with Crippen LogP contribution in [-0.4, -0.2) is 42.1 Å². The molecule has 154 valence electrons. The SMILES string of the molecule is COc1ccc(-c2cc(C(=O)Nc3cccc(C(=O)N4CCCC4)c3C)no2)cc1. The fourth-order valence-electron chi connectivity index (χ4n) is 3.55. The summed E-state index contributed by atoms with van der Waals surface area (Å²) in [7, 11) is 1.60. The van der Waals surface area contributed by atoms with Crippen molar-refractivity contribution in [1.29, 1.82) is 0 Å². The number of amides is 2. The van der Waals surface area contributed by atoms with Gasteiger partial charge in [0, 0.05) is 36.0 Å². The van der Waals surface area contributed by atoms with E-state index in [0.717, 1.165) is 42.8 Å². The second-order valence-electron chi connectivity index (χ2n) is 7.24. The predicted octanol–water partition coefficient (Wildman–Crippen LogP) is 4.15. The molecule has 0 unspecified atom stereocenters. The molecule has 0 aliphatic carbocycles. The summed E-state index contributed by atoms with van der Waals surface area (Å²) in [5.41, 5.74) is 2.88. The third kappa shape index (κ3) is 3.91. The Morgan fingerprint density at radius 1 is 1.10 bits per heavy atom. The standard InChI is InChI=1S/C23H23N3O4/c1-15-18(23(28)26-12-3-4-13-26)6-5-7-19(15)24-22(27)20-14-21(30-25-20)16-8-10-17(29-2)11-9-16/h5-11,14H,3-4,12-13H2,1-2H3,(H,24,27). The van der Waals surface area contributed by atoms with E-state index in [4.69, 9.17) is 9.26 Å². The van der Waals surface area contributed by atoms with Crippen molar-refractivity contribution >= 4 is 17.5 Å². The van der Waals surface area contributed by atoms with E-state index in [1.165, 1.54) is 0 Å². The number of methoxy groups -OCH3 is 1. The molecule has 4 rings (SSSR count). The number of carbonyl (C=O) groups is 2. The van der Waals surface area contributed by atoms with E-state index in [-0.39, 0.29) is 11.6 Å². The van der Waals surface area contributed by atoms with E-state index in [0.29, 0.717) is 17.0 Å². The van der Waals surface area contributed by atoms with Gasteiger partial charge >= 0.3 is 0 Å². The van der Waals surface area contributed by atoms with Crippen LogP contribution in [0.5, 0.6) is 5.75 Å². The van der Waals surface area contributed by atoms with Crippen LogP contribution in [0.15, 0.2) is 53.1 Å². The van der Waals surface area contributed by atoms with Crippen LogP contribution in [0, 0.1) is 6.92 Å². The van der Waals surface area contributed by atoms with Gasteiger partial charge in [0.25, 0.3) is 11.8 Å². The maximum Gasteiger partial charge on any atom is 0.277 e. The molecule has 2 amide bonds. The molecule has 1 N–H and O–H groups in total. The topological polar surface area (TPSA) is 84.7 Å². The third-order valence-corrected chi connectivity index (χ3v) is 5.32. The number of hydrogen-bond acceptors (Lipinski definition) is 5. The molecular weight excluding hydrogens is 382 g/mol. The van der Waals surface area contributed by atoms with Crippen molar-refractivity contribution in [3.63, 3.8) is 0 Å². The van der Waals surface area contributed by atoms with Crippen LogP contribution >= 0.6 is 0 Å². The van der Waals surface area contributed by atoms with Gasteiger partial charge in [0.05, 0.1) is 7.11 Å². The van der Waals surface area contributed by atoms with Crippen LogP contribution in [0.1, 0.15) is 39.3 Å². The van der Waals surface area contributed by atoms with Gasteiger partial charge in [-0.05, 0) is 61.7 Å². The summed E-state index contributed by atoms with van der Waals surface area (Å²) in [5.74, 6) is 0.823. The number of benzene rings is 2. The van der Waals surface area contributed by atoms with Crippen LogP contribution in [0.25, 0.3) is 11.3 Å². The van der Waals surface area contributed by atoms with Crippen LogP contribution in [0.4, 0.5) is 5.69 Å². The lowest BCUT2D eigenvalue weighted by molar-refractivity contribution is 0.0791. The van der Waals surface area contributed by atoms with Gasteiger partial charge in [-0.2, -0.15) is 0 Å². The summed E-state index contributed by atoms with van der Waals surface area (Å²) >= 11 is 0. The molecule has 7 nitrogen and oxygen atoms in total. The molecule has 0 atom stereocenters. The highest BCUT2D eigenvalue weighted by Crippen LogP contribution is 2.25. The van der Waals surface area contributed by atoms with Gasteiger partial charge in [0.1, 0.15) is 5.75 Å². The number of likely N-dealkylation sites (tertiary alicyclic amines) is 1. The molecular formula is C23H23N3O4. The van der Waals surface area contributed by atoms with Crippen molar-refractivity contribution in [2.24, 2.45) is 0 Å². The van der Waals surface area contributed by atoms with Gasteiger partial charge in [-0.25, -0.2) is 0 Å². The zero-order chi connectivity index (χ0) is 21.1. The molecule has 1 fully saturated rings. The van der Waals surface area contributed by atoms with Crippen molar-refractivity contribution < 1.29 is 18.8 Å². The molecule has 1 saturated heterocycles. The molecule has 3 aromatic rings. The van der Waals surface area contributed by atoms with Crippen molar-refractivity contribution in [3.8, 4) is 17.1 Å². The fraction of sp³-hybridized carbons (Fsp3) is 0.261. The van der Waals surface area contributed by atoms with E-state index in [1.54, 1.807) is 31.4 Å². The second kappa shape index (κ2) is 8.41. The number of aromatic nitrogens is 1. The van der Waals surface area contributed by atoms with Crippen LogP contribution in [0.2, 0.25) is 0 Å². The zero-order valence-corrected chi connectivity index (χ0v) is 17.0. The average molecular weight is 405 g/mol. The number of nitrogens with zero attached hydrogens (tertiary/aromatic N) is 2. The van der Waals surface area contributed by atoms with Crippen LogP contribution in [0.3, 0.4) is 0 Å². The van der Waals surface area contributed by atoms with E-state index in [2.05, 4.69) is 10.5 Å². The molecule has 1 aromatic heterocycles. The van der Waals surface area contributed by atoms with Crippen molar-refractivity contribution in [1.82, 2.24) is 10.1 Å². The first-order valence-corrected chi connectivity index (χ1v) is 9.88. The number of anilines is 1. The molecule has 7 heteroatoms. The van der Waals surface area contributed by atoms with Gasteiger partial charge < -0.3 is 19.5 Å². The predicted molar refractivity (Wildman–Crippen MR) is 113 cm³/mol. The normalized spacial score (nSPS) is 13.3. The minimum Gasteiger partial charge on any atom is -0.497 e. The average Bonchev–Trinajstić information content (AvgIpc) is 3.47. The van der Waals surface area contributed by atoms with E-state index in [1.807, 2.05) is 36.1 Å². The Morgan fingerprint density at radius 2 is 1.83 bits per heavy atom. The number of ether oxygens (including phenoxy) is 1. The maximum absolute atomic E-state index is 12.8. The maximum atomic E-state index is 12.8. The smallest absolute Gasteiger partial charge is 0.277 e. The van der Waals surface area contributed by atoms with Gasteiger partial charge in [0.15, 0.2) is 11.5 Å². The number of carbonyl (C=O) groups excluding carboxylic acids is 2. The van der Waals surface area contributed by atoms with Crippen LogP contribution < -0.4 is 10.1 Å². The fourth-order valence-corrected chi connectivity index (χ4v) is 3.55. The highest BCUT2D eigenvalue weighted by molar-refractivity contribution is 6.05. The Kier molecular flexibility index (Phi) is 5.52. The first-order chi connectivity index (χ1) is 14.6. The highest BCUT2D eigenvalue weighted by Gasteiger charge is 2.22. The molecule has 0 saturated carbocycles. The molecule has 2 aromatic carbocycles. The lowest BCUT2D eigenvalue weighted by Gasteiger charge is -2.18. The van der Waals surface area contributed by atoms with Gasteiger partial charge in [-0.3, -0.25) is 9.59 Å². The monoisotopic (exact) mass is 405 g/mol. The van der Waals surface area contributed by atoms with Gasteiger partial charge in [-0.15, -0.1) is 0 Å². The van der Waals surface area contributed by atoms with Crippen LogP contribution in [-0.2, 0) is 0 Å². The first-order valence-electron chi connectivity index (χ1n) is 9.88. The molecule has 0 radical (unpaired) electrons. The molecule has 30 heavy (non-hydrogen) atoms. The molecule has 1 aliphatic rings. The minimum absolute atomic E-state index is 0.00401. The Labute approximate surface area is 174 Å². The van der Waals surface area contributed by atoms with Crippen molar-refractivity contribution in [2.75, 3.05) is 25.5 Å². The van der Waals surface area contributed by atoms with E-state index < -0.39 is 5.91 Å². The summed E-state index contributed by atoms with van der Waals surface area (Å²) in [6.07, 6.45) is 2.06. The van der Waals surface area contributed by atoms with Gasteiger partial charge in [0.2, 0.25) is 0 Å². The summed E-state index contributed by atoms with van der Waals surface area (Å²) in [6, 6.07) is 14.2. The summed E-state index contributed by atoms with van der Waals surface area (Å²) < 4.78 is 10.5. The summed E-state index contributed by atoms with van der Waals surface area (Å²) in [6.45, 7) is 3.40. The Bertz CT molecular complexity index is 1070. The number of nitrogens with one attached hydrogen (secondary N) is 1. The quantitative estimate of drug-likeness (QED) is 0.689. The Morgan fingerprint density at radius 3 is 2.53 bits per heavy atom. The second-order valence-corrected chi connectivity index (χ2v) is 7.24. The minimum atomic E-state index is -0.396. The molecule has 2 heterocycles. The largest absolute Gasteiger partial charge is 0.497 e. The van der Waals surface area contributed by atoms with Crippen molar-refractivity contribution in [2.45, 2.75) is 19.8 Å². The molecule has 0 spiro atoms. The zero-order valence-electron chi connectivity index (χ0n) is 17.0. The third-order valence-electron chi connectivity index (χ3n) is 5.32. The van der Waals surface area contributed by atoms with Crippen molar-refractivity contribution in [3.05, 3.63) is 65.4 Å². The summed E-state index contributed by atoms with van der Waals surface area (Å²) in [5, 5.41) is 6.73. The molecule has 1 aliphatic heterocycles. The highest BCUT2D eigenvalue weighted by atomic mass is 16.5. The first kappa shape index (κ1) is 19.7. The Balaban J connectivity index is 1.51. The van der Waals surface area contributed by atoms with E-state index >= 15 is 0 Å². The van der Waals surface area contributed by atoms with E-state index in [9.17, 15) is 9.59 Å². The van der Waals surface area contributed by atoms with Gasteiger partial charge in [-0.1, -0.05) is 11.2 Å². The number of hydrogen-bond donors (Lipinski definition) is 1. The molecule has 0 bridgehead atoms.